The number of guanidine groups is 1. The minimum Gasteiger partial charge on any atom is -0.370 e. The Bertz CT molecular complexity index is 564. The van der Waals surface area contributed by atoms with E-state index in [0.717, 1.165) is 50.7 Å². The van der Waals surface area contributed by atoms with Crippen LogP contribution in [0.2, 0.25) is 0 Å². The molecule has 2 aliphatic rings. The minimum atomic E-state index is -0.191. The van der Waals surface area contributed by atoms with E-state index in [-0.39, 0.29) is 29.8 Å². The predicted molar refractivity (Wildman–Crippen MR) is 117 cm³/mol. The Morgan fingerprint density at radius 1 is 1.08 bits per heavy atom. The standard InChI is InChI=1S/C19H30FN5.HI/c1-23-10-7-16(8-11-23)6-9-22-19(21)25-14-12-24(13-15-25)18-4-2-17(20)3-5-18;/h2-5,16H,6-15H2,1H3,(H2,21,22);1H. The zero-order valence-corrected chi connectivity index (χ0v) is 17.9. The predicted octanol–water partition coefficient (Wildman–Crippen LogP) is 2.61. The van der Waals surface area contributed by atoms with Gasteiger partial charge in [-0.05, 0) is 69.6 Å². The van der Waals surface area contributed by atoms with Crippen molar-refractivity contribution in [2.75, 3.05) is 57.8 Å². The molecule has 2 saturated heterocycles. The molecule has 0 bridgehead atoms. The summed E-state index contributed by atoms with van der Waals surface area (Å²) in [6, 6.07) is 6.70. The van der Waals surface area contributed by atoms with Crippen molar-refractivity contribution in [3.05, 3.63) is 30.1 Å². The number of hydrogen-bond donors (Lipinski definition) is 1. The Morgan fingerprint density at radius 3 is 2.31 bits per heavy atom. The van der Waals surface area contributed by atoms with Crippen LogP contribution in [0.15, 0.2) is 29.3 Å². The van der Waals surface area contributed by atoms with E-state index in [2.05, 4.69) is 26.7 Å². The molecule has 7 heteroatoms. The first-order chi connectivity index (χ1) is 12.1. The summed E-state index contributed by atoms with van der Waals surface area (Å²) in [4.78, 5) is 11.4. The van der Waals surface area contributed by atoms with Gasteiger partial charge in [0, 0.05) is 38.4 Å². The molecule has 0 aliphatic carbocycles. The number of anilines is 1. The van der Waals surface area contributed by atoms with Gasteiger partial charge in [-0.2, -0.15) is 0 Å². The summed E-state index contributed by atoms with van der Waals surface area (Å²) in [5, 5.41) is 0. The van der Waals surface area contributed by atoms with Crippen molar-refractivity contribution in [3.8, 4) is 0 Å². The van der Waals surface area contributed by atoms with Crippen molar-refractivity contribution >= 4 is 35.6 Å². The third kappa shape index (κ3) is 5.97. The van der Waals surface area contributed by atoms with Crippen LogP contribution in [-0.4, -0.2) is 68.6 Å². The quantitative estimate of drug-likeness (QED) is 0.414. The number of piperidine rings is 1. The molecular formula is C19H31FIN5. The largest absolute Gasteiger partial charge is 0.370 e. The van der Waals surface area contributed by atoms with Crippen LogP contribution >= 0.6 is 24.0 Å². The molecular weight excluding hydrogens is 444 g/mol. The number of rotatable bonds is 4. The Hall–Kier alpha value is -1.09. The molecule has 0 amide bonds. The lowest BCUT2D eigenvalue weighted by Gasteiger charge is -2.36. The minimum absolute atomic E-state index is 0. The normalized spacial score (nSPS) is 20.2. The Labute approximate surface area is 173 Å². The zero-order chi connectivity index (χ0) is 17.6. The van der Waals surface area contributed by atoms with Crippen molar-refractivity contribution in [3.63, 3.8) is 0 Å². The maximum atomic E-state index is 13.0. The SMILES string of the molecule is CN1CCC(CCN=C(N)N2CCN(c3ccc(F)cc3)CC2)CC1.I. The molecule has 26 heavy (non-hydrogen) atoms. The fraction of sp³-hybridized carbons (Fsp3) is 0.632. The summed E-state index contributed by atoms with van der Waals surface area (Å²) in [6.07, 6.45) is 3.70. The van der Waals surface area contributed by atoms with Crippen molar-refractivity contribution in [2.45, 2.75) is 19.3 Å². The molecule has 0 unspecified atom stereocenters. The average Bonchev–Trinajstić information content (AvgIpc) is 2.64. The summed E-state index contributed by atoms with van der Waals surface area (Å²) >= 11 is 0. The monoisotopic (exact) mass is 475 g/mol. The molecule has 0 saturated carbocycles. The highest BCUT2D eigenvalue weighted by Crippen LogP contribution is 2.19. The van der Waals surface area contributed by atoms with Crippen LogP contribution in [0.3, 0.4) is 0 Å². The van der Waals surface area contributed by atoms with E-state index in [9.17, 15) is 4.39 Å². The third-order valence-corrected chi connectivity index (χ3v) is 5.44. The van der Waals surface area contributed by atoms with E-state index in [4.69, 9.17) is 5.73 Å². The van der Waals surface area contributed by atoms with Gasteiger partial charge in [0.15, 0.2) is 5.96 Å². The maximum absolute atomic E-state index is 13.0. The second kappa shape index (κ2) is 10.3. The van der Waals surface area contributed by atoms with Crippen LogP contribution in [0.5, 0.6) is 0 Å². The zero-order valence-electron chi connectivity index (χ0n) is 15.6. The number of piperazine rings is 1. The number of aliphatic imine (C=N–C) groups is 1. The lowest BCUT2D eigenvalue weighted by molar-refractivity contribution is 0.214. The van der Waals surface area contributed by atoms with E-state index >= 15 is 0 Å². The number of nitrogens with two attached hydrogens (primary N) is 1. The number of halogens is 2. The molecule has 2 aliphatic heterocycles. The van der Waals surface area contributed by atoms with E-state index in [1.165, 1.54) is 38.1 Å². The van der Waals surface area contributed by atoms with Gasteiger partial charge in [-0.1, -0.05) is 0 Å². The van der Waals surface area contributed by atoms with Gasteiger partial charge in [0.2, 0.25) is 0 Å². The van der Waals surface area contributed by atoms with Gasteiger partial charge >= 0.3 is 0 Å². The first-order valence-corrected chi connectivity index (χ1v) is 9.36. The Balaban J connectivity index is 0.00000243. The molecule has 0 spiro atoms. The van der Waals surface area contributed by atoms with Gasteiger partial charge < -0.3 is 20.4 Å². The highest BCUT2D eigenvalue weighted by Gasteiger charge is 2.19. The van der Waals surface area contributed by atoms with Gasteiger partial charge in [0.05, 0.1) is 0 Å². The summed E-state index contributed by atoms with van der Waals surface area (Å²) in [7, 11) is 2.19. The maximum Gasteiger partial charge on any atom is 0.191 e. The molecule has 3 rings (SSSR count). The van der Waals surface area contributed by atoms with Gasteiger partial charge in [0.1, 0.15) is 5.82 Å². The molecule has 5 nitrogen and oxygen atoms in total. The molecule has 146 valence electrons. The Morgan fingerprint density at radius 2 is 1.69 bits per heavy atom. The van der Waals surface area contributed by atoms with Crippen molar-refractivity contribution < 1.29 is 4.39 Å². The van der Waals surface area contributed by atoms with E-state index in [1.807, 2.05) is 12.1 Å². The fourth-order valence-corrected chi connectivity index (χ4v) is 3.66. The van der Waals surface area contributed by atoms with Crippen LogP contribution in [0.1, 0.15) is 19.3 Å². The molecule has 0 atom stereocenters. The molecule has 1 aromatic rings. The smallest absolute Gasteiger partial charge is 0.191 e. The van der Waals surface area contributed by atoms with Crippen LogP contribution in [0, 0.1) is 11.7 Å². The molecule has 1 aromatic carbocycles. The van der Waals surface area contributed by atoms with Gasteiger partial charge in [-0.15, -0.1) is 24.0 Å². The summed E-state index contributed by atoms with van der Waals surface area (Å²) in [6.45, 7) is 6.73. The fourth-order valence-electron chi connectivity index (χ4n) is 3.66. The molecule has 0 aromatic heterocycles. The summed E-state index contributed by atoms with van der Waals surface area (Å²) in [5.41, 5.74) is 7.26. The van der Waals surface area contributed by atoms with Crippen molar-refractivity contribution in [1.82, 2.24) is 9.80 Å². The lowest BCUT2D eigenvalue weighted by Crippen LogP contribution is -2.51. The van der Waals surface area contributed by atoms with E-state index < -0.39 is 0 Å². The van der Waals surface area contributed by atoms with Crippen LogP contribution in [0.4, 0.5) is 10.1 Å². The highest BCUT2D eigenvalue weighted by molar-refractivity contribution is 14.0. The number of benzene rings is 1. The number of hydrogen-bond acceptors (Lipinski definition) is 3. The third-order valence-electron chi connectivity index (χ3n) is 5.44. The highest BCUT2D eigenvalue weighted by atomic mass is 127. The second-order valence-electron chi connectivity index (χ2n) is 7.23. The summed E-state index contributed by atoms with van der Waals surface area (Å²) < 4.78 is 13.0. The Kier molecular flexibility index (Phi) is 8.40. The van der Waals surface area contributed by atoms with E-state index in [0.29, 0.717) is 5.96 Å². The first kappa shape index (κ1) is 21.2. The second-order valence-corrected chi connectivity index (χ2v) is 7.23. The molecule has 0 radical (unpaired) electrons. The van der Waals surface area contributed by atoms with Crippen LogP contribution in [-0.2, 0) is 0 Å². The van der Waals surface area contributed by atoms with Crippen LogP contribution < -0.4 is 10.6 Å². The number of nitrogens with zero attached hydrogens (tertiary/aromatic N) is 4. The molecule has 2 N–H and O–H groups in total. The lowest BCUT2D eigenvalue weighted by atomic mass is 9.94. The first-order valence-electron chi connectivity index (χ1n) is 9.36. The number of likely N-dealkylation sites (tertiary alicyclic amines) is 1. The summed E-state index contributed by atoms with van der Waals surface area (Å²) in [5.74, 6) is 1.28. The molecule has 2 heterocycles. The van der Waals surface area contributed by atoms with Gasteiger partial charge in [0.25, 0.3) is 0 Å². The van der Waals surface area contributed by atoms with E-state index in [1.54, 1.807) is 0 Å². The molecule has 2 fully saturated rings. The average molecular weight is 475 g/mol. The van der Waals surface area contributed by atoms with Crippen LogP contribution in [0.25, 0.3) is 0 Å². The van der Waals surface area contributed by atoms with Gasteiger partial charge in [-0.25, -0.2) is 4.39 Å². The van der Waals surface area contributed by atoms with Crippen molar-refractivity contribution in [2.24, 2.45) is 16.6 Å². The van der Waals surface area contributed by atoms with Crippen molar-refractivity contribution in [1.29, 1.82) is 0 Å². The van der Waals surface area contributed by atoms with Gasteiger partial charge in [-0.3, -0.25) is 4.99 Å². The topological polar surface area (TPSA) is 48.1 Å².